The van der Waals surface area contributed by atoms with Gasteiger partial charge >= 0.3 is 0 Å². The molecule has 1 aromatic heterocycles. The molecule has 1 atom stereocenters. The number of fused-ring (bicyclic) bond motifs is 1. The van der Waals surface area contributed by atoms with E-state index in [9.17, 15) is 9.59 Å². The average molecular weight is 426 g/mol. The van der Waals surface area contributed by atoms with Crippen molar-refractivity contribution in [1.29, 1.82) is 0 Å². The highest BCUT2D eigenvalue weighted by atomic mass is 16.2. The van der Waals surface area contributed by atoms with Crippen molar-refractivity contribution in [2.24, 2.45) is 0 Å². The summed E-state index contributed by atoms with van der Waals surface area (Å²) in [6.07, 6.45) is 5.87. The lowest BCUT2D eigenvalue weighted by molar-refractivity contribution is -0.131. The number of hydrogen-bond donors (Lipinski definition) is 1. The Morgan fingerprint density at radius 1 is 1.26 bits per heavy atom. The van der Waals surface area contributed by atoms with Gasteiger partial charge < -0.3 is 10.2 Å². The van der Waals surface area contributed by atoms with Crippen molar-refractivity contribution in [1.82, 2.24) is 20.2 Å². The molecule has 31 heavy (non-hydrogen) atoms. The molecular formula is C24H35N5O2. The van der Waals surface area contributed by atoms with Gasteiger partial charge in [0.2, 0.25) is 11.8 Å². The van der Waals surface area contributed by atoms with Crippen LogP contribution in [0.15, 0.2) is 11.6 Å². The van der Waals surface area contributed by atoms with Gasteiger partial charge in [0.15, 0.2) is 0 Å². The van der Waals surface area contributed by atoms with Gasteiger partial charge in [0.25, 0.3) is 0 Å². The van der Waals surface area contributed by atoms with Crippen LogP contribution in [0.2, 0.25) is 0 Å². The van der Waals surface area contributed by atoms with Crippen molar-refractivity contribution >= 4 is 17.6 Å². The number of piperidine rings is 1. The summed E-state index contributed by atoms with van der Waals surface area (Å²) < 4.78 is 0. The van der Waals surface area contributed by atoms with Crippen LogP contribution >= 0.6 is 0 Å². The van der Waals surface area contributed by atoms with Gasteiger partial charge in [0.1, 0.15) is 11.6 Å². The highest BCUT2D eigenvalue weighted by molar-refractivity contribution is 5.99. The molecular weight excluding hydrogens is 390 g/mol. The Kier molecular flexibility index (Phi) is 5.44. The smallest absolute Gasteiger partial charge is 0.232 e. The number of amides is 2. The van der Waals surface area contributed by atoms with E-state index < -0.39 is 0 Å². The second-order valence-electron chi connectivity index (χ2n) is 10.7. The van der Waals surface area contributed by atoms with Gasteiger partial charge in [-0.3, -0.25) is 14.5 Å². The first kappa shape index (κ1) is 21.9. The second kappa shape index (κ2) is 7.69. The molecule has 4 rings (SSSR count). The molecule has 0 spiro atoms. The quantitative estimate of drug-likeness (QED) is 0.754. The van der Waals surface area contributed by atoms with E-state index in [-0.39, 0.29) is 28.8 Å². The Labute approximate surface area is 185 Å². The number of carbonyl (C=O) groups excluding carboxylic acids is 2. The normalized spacial score (nSPS) is 24.8. The fraction of sp³-hybridized carbons (Fsp3) is 0.667. The fourth-order valence-corrected chi connectivity index (χ4v) is 5.57. The van der Waals surface area contributed by atoms with E-state index in [1.807, 2.05) is 11.8 Å². The summed E-state index contributed by atoms with van der Waals surface area (Å²) >= 11 is 0. The van der Waals surface area contributed by atoms with Crippen LogP contribution in [-0.4, -0.2) is 57.9 Å². The largest absolute Gasteiger partial charge is 0.342 e. The third-order valence-electron chi connectivity index (χ3n) is 6.64. The molecule has 1 aromatic rings. The van der Waals surface area contributed by atoms with E-state index in [1.165, 1.54) is 5.57 Å². The number of aromatic nitrogens is 2. The molecule has 2 amide bonds. The van der Waals surface area contributed by atoms with E-state index in [1.54, 1.807) is 11.9 Å². The average Bonchev–Trinajstić information content (AvgIpc) is 2.94. The molecule has 0 aliphatic carbocycles. The van der Waals surface area contributed by atoms with E-state index in [4.69, 9.17) is 9.97 Å². The minimum atomic E-state index is -0.110. The maximum absolute atomic E-state index is 13.2. The number of nitrogens with one attached hydrogen (secondary N) is 1. The molecule has 0 bridgehead atoms. The Morgan fingerprint density at radius 3 is 2.71 bits per heavy atom. The number of carbonyl (C=O) groups is 2. The highest BCUT2D eigenvalue weighted by Gasteiger charge is 2.35. The van der Waals surface area contributed by atoms with Crippen molar-refractivity contribution in [3.63, 3.8) is 0 Å². The van der Waals surface area contributed by atoms with Crippen molar-refractivity contribution in [2.45, 2.75) is 83.7 Å². The third kappa shape index (κ3) is 4.52. The van der Waals surface area contributed by atoms with Crippen molar-refractivity contribution in [3.05, 3.63) is 28.7 Å². The number of rotatable bonds is 3. The van der Waals surface area contributed by atoms with Gasteiger partial charge in [-0.25, -0.2) is 9.97 Å². The van der Waals surface area contributed by atoms with Crippen molar-refractivity contribution in [3.8, 4) is 0 Å². The number of anilines is 1. The van der Waals surface area contributed by atoms with Gasteiger partial charge in [-0.15, -0.1) is 0 Å². The van der Waals surface area contributed by atoms with Crippen LogP contribution in [0.25, 0.3) is 0 Å². The van der Waals surface area contributed by atoms with Crippen LogP contribution in [0.4, 0.5) is 5.82 Å². The maximum atomic E-state index is 13.2. The SMILES string of the molecule is Cc1nc([C@@H]2CCCN(C(=O)CC3=CC(C)(C)NC(C)(C)C3)C2)nc2c1CC(=O)N2C. The molecule has 1 fully saturated rings. The van der Waals surface area contributed by atoms with E-state index in [0.29, 0.717) is 19.4 Å². The Hall–Kier alpha value is -2.28. The number of nitrogens with zero attached hydrogens (tertiary/aromatic N) is 4. The van der Waals surface area contributed by atoms with Crippen LogP contribution < -0.4 is 10.2 Å². The number of aryl methyl sites for hydroxylation is 1. The maximum Gasteiger partial charge on any atom is 0.232 e. The highest BCUT2D eigenvalue weighted by Crippen LogP contribution is 2.33. The van der Waals surface area contributed by atoms with Gasteiger partial charge in [0.05, 0.1) is 6.42 Å². The second-order valence-corrected chi connectivity index (χ2v) is 10.7. The zero-order valence-electron chi connectivity index (χ0n) is 19.7. The third-order valence-corrected chi connectivity index (χ3v) is 6.64. The summed E-state index contributed by atoms with van der Waals surface area (Å²) in [5, 5.41) is 3.63. The zero-order valence-corrected chi connectivity index (χ0v) is 19.7. The number of likely N-dealkylation sites (N-methyl/N-ethyl adjacent to an activating group) is 1. The molecule has 4 heterocycles. The zero-order chi connectivity index (χ0) is 22.6. The van der Waals surface area contributed by atoms with Crippen LogP contribution in [0, 0.1) is 6.92 Å². The summed E-state index contributed by atoms with van der Waals surface area (Å²) in [6.45, 7) is 12.1. The molecule has 0 unspecified atom stereocenters. The van der Waals surface area contributed by atoms with Gasteiger partial charge in [-0.2, -0.15) is 0 Å². The van der Waals surface area contributed by atoms with Crippen LogP contribution in [0.1, 0.15) is 76.4 Å². The molecule has 7 nitrogen and oxygen atoms in total. The van der Waals surface area contributed by atoms with Gasteiger partial charge in [-0.05, 0) is 53.9 Å². The molecule has 0 aromatic carbocycles. The fourth-order valence-electron chi connectivity index (χ4n) is 5.57. The monoisotopic (exact) mass is 425 g/mol. The Morgan fingerprint density at radius 2 is 2.00 bits per heavy atom. The first-order valence-electron chi connectivity index (χ1n) is 11.4. The molecule has 0 radical (unpaired) electrons. The molecule has 1 saturated heterocycles. The van der Waals surface area contributed by atoms with Crippen LogP contribution in [-0.2, 0) is 16.0 Å². The summed E-state index contributed by atoms with van der Waals surface area (Å²) in [7, 11) is 1.77. The molecule has 7 heteroatoms. The van der Waals surface area contributed by atoms with E-state index in [2.05, 4.69) is 39.1 Å². The summed E-state index contributed by atoms with van der Waals surface area (Å²) in [6, 6.07) is 0. The minimum absolute atomic E-state index is 0.0163. The number of likely N-dealkylation sites (tertiary alicyclic amines) is 1. The lowest BCUT2D eigenvalue weighted by Crippen LogP contribution is -2.54. The Bertz CT molecular complexity index is 950. The minimum Gasteiger partial charge on any atom is -0.342 e. The molecule has 0 saturated carbocycles. The predicted octanol–water partition coefficient (Wildman–Crippen LogP) is 2.88. The van der Waals surface area contributed by atoms with Crippen molar-refractivity contribution in [2.75, 3.05) is 25.0 Å². The molecule has 3 aliphatic rings. The Balaban J connectivity index is 1.48. The van der Waals surface area contributed by atoms with Crippen molar-refractivity contribution < 1.29 is 9.59 Å². The van der Waals surface area contributed by atoms with E-state index >= 15 is 0 Å². The van der Waals surface area contributed by atoms with Gasteiger partial charge in [-0.1, -0.05) is 11.6 Å². The van der Waals surface area contributed by atoms with Crippen LogP contribution in [0.3, 0.4) is 0 Å². The van der Waals surface area contributed by atoms with Gasteiger partial charge in [0, 0.05) is 54.8 Å². The number of hydrogen-bond acceptors (Lipinski definition) is 5. The first-order chi connectivity index (χ1) is 14.4. The predicted molar refractivity (Wildman–Crippen MR) is 121 cm³/mol. The molecule has 1 N–H and O–H groups in total. The lowest BCUT2D eigenvalue weighted by atomic mass is 9.82. The summed E-state index contributed by atoms with van der Waals surface area (Å²) in [5.74, 6) is 1.86. The first-order valence-corrected chi connectivity index (χ1v) is 11.4. The topological polar surface area (TPSA) is 78.4 Å². The molecule has 168 valence electrons. The van der Waals surface area contributed by atoms with E-state index in [0.717, 1.165) is 48.7 Å². The van der Waals surface area contributed by atoms with Crippen LogP contribution in [0.5, 0.6) is 0 Å². The lowest BCUT2D eigenvalue weighted by Gasteiger charge is -2.41. The standard InChI is InChI=1S/C24H35N5O2/c1-15-18-11-19(30)28(6)22(18)26-21(25-15)17-8-7-9-29(14-17)20(31)10-16-12-23(2,3)27-24(4,5)13-16/h12,17,27H,7-11,13-14H2,1-6H3/t17-/m1/s1. The summed E-state index contributed by atoms with van der Waals surface area (Å²) in [5.41, 5.74) is 2.90. The molecule has 3 aliphatic heterocycles. The summed E-state index contributed by atoms with van der Waals surface area (Å²) in [4.78, 5) is 38.4.